The highest BCUT2D eigenvalue weighted by Gasteiger charge is 2.43. The lowest BCUT2D eigenvalue weighted by molar-refractivity contribution is -0.205. The SMILES string of the molecule is CCCCN=C(N)NC(=O)C(Cc1ccc(-c2ccccc2)c(CN2CCN(CC3CCCO3)CC2)c1OCCCOC)OC(=O)C(F)(F)F. The van der Waals surface area contributed by atoms with E-state index in [0.717, 1.165) is 75.3 Å². The molecule has 1 amide bonds. The quantitative estimate of drug-likeness (QED) is 0.107. The zero-order valence-corrected chi connectivity index (χ0v) is 29.0. The number of carbonyl (C=O) groups excluding carboxylic acids is 2. The predicted octanol–water partition coefficient (Wildman–Crippen LogP) is 4.31. The minimum absolute atomic E-state index is 0.248. The monoisotopic (exact) mass is 705 g/mol. The molecule has 11 nitrogen and oxygen atoms in total. The lowest BCUT2D eigenvalue weighted by atomic mass is 9.93. The van der Waals surface area contributed by atoms with Crippen molar-refractivity contribution in [1.82, 2.24) is 15.1 Å². The van der Waals surface area contributed by atoms with Gasteiger partial charge >= 0.3 is 12.1 Å². The van der Waals surface area contributed by atoms with Gasteiger partial charge in [-0.2, -0.15) is 13.2 Å². The molecule has 2 aliphatic rings. The van der Waals surface area contributed by atoms with Crippen molar-refractivity contribution in [3.8, 4) is 16.9 Å². The lowest BCUT2D eigenvalue weighted by Crippen LogP contribution is -2.48. The maximum absolute atomic E-state index is 13.4. The Morgan fingerprint density at radius 2 is 1.80 bits per heavy atom. The Bertz CT molecular complexity index is 1400. The van der Waals surface area contributed by atoms with Crippen LogP contribution in [0.5, 0.6) is 5.75 Å². The fourth-order valence-electron chi connectivity index (χ4n) is 6.06. The summed E-state index contributed by atoms with van der Waals surface area (Å²) in [5.74, 6) is -3.36. The van der Waals surface area contributed by atoms with E-state index < -0.39 is 30.6 Å². The fraction of sp³-hybridized carbons (Fsp3) is 0.583. The summed E-state index contributed by atoms with van der Waals surface area (Å²) in [6, 6.07) is 13.3. The van der Waals surface area contributed by atoms with Crippen LogP contribution in [0.1, 0.15) is 50.2 Å². The van der Waals surface area contributed by atoms with E-state index in [1.54, 1.807) is 13.2 Å². The first-order valence-corrected chi connectivity index (χ1v) is 17.4. The molecule has 50 heavy (non-hydrogen) atoms. The van der Waals surface area contributed by atoms with E-state index in [1.807, 2.05) is 43.3 Å². The second kappa shape index (κ2) is 19.6. The highest BCUT2D eigenvalue weighted by Crippen LogP contribution is 2.37. The molecule has 276 valence electrons. The third-order valence-corrected chi connectivity index (χ3v) is 8.72. The number of hydrogen-bond acceptors (Lipinski definition) is 9. The molecule has 2 aromatic carbocycles. The molecule has 14 heteroatoms. The van der Waals surface area contributed by atoms with Crippen molar-refractivity contribution in [1.29, 1.82) is 0 Å². The average molecular weight is 706 g/mol. The van der Waals surface area contributed by atoms with Gasteiger partial charge in [0.25, 0.3) is 5.91 Å². The fourth-order valence-corrected chi connectivity index (χ4v) is 6.06. The number of carbonyl (C=O) groups is 2. The van der Waals surface area contributed by atoms with Crippen molar-refractivity contribution < 1.29 is 41.7 Å². The van der Waals surface area contributed by atoms with Gasteiger partial charge in [0.2, 0.25) is 0 Å². The first kappa shape index (κ1) is 39.1. The first-order chi connectivity index (χ1) is 24.1. The Balaban J connectivity index is 1.67. The summed E-state index contributed by atoms with van der Waals surface area (Å²) in [7, 11) is 1.58. The van der Waals surface area contributed by atoms with Crippen LogP contribution >= 0.6 is 0 Å². The number of piperazine rings is 1. The maximum Gasteiger partial charge on any atom is 0.490 e. The van der Waals surface area contributed by atoms with Crippen LogP contribution in [-0.4, -0.2) is 112 Å². The summed E-state index contributed by atoms with van der Waals surface area (Å²) in [4.78, 5) is 34.1. The van der Waals surface area contributed by atoms with Crippen LogP contribution < -0.4 is 15.8 Å². The number of ether oxygens (including phenoxy) is 4. The Labute approximate surface area is 292 Å². The number of methoxy groups -OCH3 is 1. The number of nitrogens with two attached hydrogens (primary N) is 1. The smallest absolute Gasteiger partial charge is 0.490 e. The van der Waals surface area contributed by atoms with Gasteiger partial charge in [0.1, 0.15) is 5.75 Å². The van der Waals surface area contributed by atoms with Crippen LogP contribution in [0.2, 0.25) is 0 Å². The summed E-state index contributed by atoms with van der Waals surface area (Å²) in [5, 5.41) is 2.31. The van der Waals surface area contributed by atoms with Crippen LogP contribution in [0.15, 0.2) is 47.5 Å². The number of rotatable bonds is 17. The molecule has 2 saturated heterocycles. The lowest BCUT2D eigenvalue weighted by Gasteiger charge is -2.36. The normalized spacial score (nSPS) is 18.2. The van der Waals surface area contributed by atoms with Crippen molar-refractivity contribution in [3.63, 3.8) is 0 Å². The van der Waals surface area contributed by atoms with Gasteiger partial charge in [-0.3, -0.25) is 24.9 Å². The number of benzene rings is 2. The van der Waals surface area contributed by atoms with Gasteiger partial charge in [-0.05, 0) is 36.0 Å². The zero-order valence-electron chi connectivity index (χ0n) is 29.0. The third-order valence-electron chi connectivity index (χ3n) is 8.72. The Kier molecular flexibility index (Phi) is 15.3. The number of hydrogen-bond donors (Lipinski definition) is 2. The second-order valence-electron chi connectivity index (χ2n) is 12.6. The molecule has 0 bridgehead atoms. The molecule has 0 aliphatic carbocycles. The van der Waals surface area contributed by atoms with E-state index in [9.17, 15) is 22.8 Å². The average Bonchev–Trinajstić information content (AvgIpc) is 3.61. The minimum atomic E-state index is -5.31. The maximum atomic E-state index is 13.4. The summed E-state index contributed by atoms with van der Waals surface area (Å²) in [5.41, 5.74) is 8.91. The van der Waals surface area contributed by atoms with Gasteiger partial charge in [-0.15, -0.1) is 0 Å². The standard InChI is InChI=1S/C36H50F3N5O6/c1-3-4-15-41-35(40)42-33(45)31(50-34(46)36(37,38)39)23-27-13-14-29(26-10-6-5-7-11-26)30(32(27)49-22-9-20-47-2)25-44-18-16-43(17-19-44)24-28-12-8-21-48-28/h5-7,10-11,13-14,28,31H,3-4,8-9,12,15-25H2,1-2H3,(H3,40,41,42,45). The molecule has 2 heterocycles. The van der Waals surface area contributed by atoms with E-state index in [0.29, 0.717) is 43.9 Å². The number of halogens is 3. The molecule has 0 radical (unpaired) electrons. The Hall–Kier alpha value is -3.72. The molecule has 4 rings (SSSR count). The van der Waals surface area contributed by atoms with Gasteiger partial charge in [-0.25, -0.2) is 4.79 Å². The van der Waals surface area contributed by atoms with Gasteiger partial charge in [0.15, 0.2) is 12.1 Å². The molecule has 2 aromatic rings. The topological polar surface area (TPSA) is 128 Å². The number of nitrogens with zero attached hydrogens (tertiary/aromatic N) is 3. The molecule has 2 fully saturated rings. The van der Waals surface area contributed by atoms with Crippen LogP contribution in [0, 0.1) is 0 Å². The van der Waals surface area contributed by atoms with Gasteiger partial charge < -0.3 is 24.7 Å². The van der Waals surface area contributed by atoms with Gasteiger partial charge in [-0.1, -0.05) is 55.8 Å². The molecule has 2 unspecified atom stereocenters. The highest BCUT2D eigenvalue weighted by molar-refractivity contribution is 5.99. The summed E-state index contributed by atoms with van der Waals surface area (Å²) in [6.07, 6.45) is -3.07. The molecule has 0 spiro atoms. The van der Waals surface area contributed by atoms with Crippen molar-refractivity contribution in [3.05, 3.63) is 53.6 Å². The van der Waals surface area contributed by atoms with Crippen LogP contribution in [-0.2, 0) is 36.8 Å². The predicted molar refractivity (Wildman–Crippen MR) is 184 cm³/mol. The molecule has 3 N–H and O–H groups in total. The van der Waals surface area contributed by atoms with E-state index in [2.05, 4.69) is 20.1 Å². The second-order valence-corrected chi connectivity index (χ2v) is 12.6. The van der Waals surface area contributed by atoms with Crippen molar-refractivity contribution >= 4 is 17.8 Å². The molecule has 0 saturated carbocycles. The van der Waals surface area contributed by atoms with Crippen LogP contribution in [0.3, 0.4) is 0 Å². The summed E-state index contributed by atoms with van der Waals surface area (Å²) < 4.78 is 62.4. The number of esters is 1. The molecular weight excluding hydrogens is 655 g/mol. The van der Waals surface area contributed by atoms with Crippen LogP contribution in [0.4, 0.5) is 13.2 Å². The molecular formula is C36H50F3N5O6. The van der Waals surface area contributed by atoms with E-state index in [-0.39, 0.29) is 18.7 Å². The first-order valence-electron chi connectivity index (χ1n) is 17.4. The van der Waals surface area contributed by atoms with Gasteiger partial charge in [0, 0.05) is 84.5 Å². The summed E-state index contributed by atoms with van der Waals surface area (Å²) >= 11 is 0. The zero-order chi connectivity index (χ0) is 35.9. The number of unbranched alkanes of at least 4 members (excludes halogenated alkanes) is 1. The highest BCUT2D eigenvalue weighted by atomic mass is 19.4. The number of guanidine groups is 1. The van der Waals surface area contributed by atoms with E-state index >= 15 is 0 Å². The number of nitrogens with one attached hydrogen (secondary N) is 1. The number of aliphatic imine (C=N–C) groups is 1. The molecule has 2 aliphatic heterocycles. The van der Waals surface area contributed by atoms with Crippen LogP contribution in [0.25, 0.3) is 11.1 Å². The largest absolute Gasteiger partial charge is 0.493 e. The van der Waals surface area contributed by atoms with Crippen molar-refractivity contribution in [2.75, 3.05) is 66.2 Å². The minimum Gasteiger partial charge on any atom is -0.493 e. The Morgan fingerprint density at radius 1 is 1.06 bits per heavy atom. The third kappa shape index (κ3) is 12.0. The van der Waals surface area contributed by atoms with Gasteiger partial charge in [0.05, 0.1) is 12.7 Å². The number of amides is 1. The molecule has 2 atom stereocenters. The van der Waals surface area contributed by atoms with E-state index in [4.69, 9.17) is 24.7 Å². The Morgan fingerprint density at radius 3 is 2.46 bits per heavy atom. The number of alkyl halides is 3. The van der Waals surface area contributed by atoms with Crippen molar-refractivity contribution in [2.24, 2.45) is 10.7 Å². The summed E-state index contributed by atoms with van der Waals surface area (Å²) in [6.45, 7) is 8.46. The molecule has 0 aromatic heterocycles. The van der Waals surface area contributed by atoms with Crippen molar-refractivity contribution in [2.45, 2.75) is 70.4 Å². The van der Waals surface area contributed by atoms with E-state index in [1.165, 1.54) is 0 Å².